The van der Waals surface area contributed by atoms with Gasteiger partial charge < -0.3 is 18.9 Å². The Morgan fingerprint density at radius 2 is 1.60 bits per heavy atom. The van der Waals surface area contributed by atoms with Gasteiger partial charge in [0.25, 0.3) is 0 Å². The molecule has 0 atom stereocenters. The number of esters is 1. The summed E-state index contributed by atoms with van der Waals surface area (Å²) in [6, 6.07) is 5.81. The smallest absolute Gasteiger partial charge is 0.426 e. The first kappa shape index (κ1) is 22.9. The fourth-order valence-corrected chi connectivity index (χ4v) is 2.15. The van der Waals surface area contributed by atoms with Crippen molar-refractivity contribution in [2.24, 2.45) is 0 Å². The van der Waals surface area contributed by atoms with Crippen molar-refractivity contribution in [1.29, 1.82) is 0 Å². The lowest BCUT2D eigenvalue weighted by Gasteiger charge is -2.20. The van der Waals surface area contributed by atoms with Gasteiger partial charge in [0.1, 0.15) is 22.8 Å². The molecular formula is C19H14F6O5. The predicted octanol–water partition coefficient (Wildman–Crippen LogP) is 5.21. The molecule has 2 aromatic carbocycles. The van der Waals surface area contributed by atoms with Crippen LogP contribution in [0.25, 0.3) is 0 Å². The Balaban J connectivity index is 2.14. The van der Waals surface area contributed by atoms with Gasteiger partial charge in [-0.15, -0.1) is 0 Å². The number of alkyl halides is 6. The Labute approximate surface area is 166 Å². The average molecular weight is 436 g/mol. The lowest BCUT2D eigenvalue weighted by atomic mass is 10.1. The first-order valence-electron chi connectivity index (χ1n) is 8.06. The van der Waals surface area contributed by atoms with Crippen molar-refractivity contribution in [3.63, 3.8) is 0 Å². The van der Waals surface area contributed by atoms with Crippen molar-refractivity contribution in [2.75, 3.05) is 13.7 Å². The molecule has 0 aliphatic heterocycles. The van der Waals surface area contributed by atoms with Crippen molar-refractivity contribution in [2.45, 2.75) is 12.3 Å². The van der Waals surface area contributed by atoms with Crippen molar-refractivity contribution >= 4 is 5.97 Å². The molecule has 11 heteroatoms. The highest BCUT2D eigenvalue weighted by Crippen LogP contribution is 2.40. The van der Waals surface area contributed by atoms with Crippen LogP contribution < -0.4 is 14.2 Å². The summed E-state index contributed by atoms with van der Waals surface area (Å²) in [6.45, 7) is 1.17. The molecule has 2 rings (SSSR count). The van der Waals surface area contributed by atoms with Gasteiger partial charge in [0.2, 0.25) is 13.7 Å². The van der Waals surface area contributed by atoms with Gasteiger partial charge in [-0.3, -0.25) is 0 Å². The monoisotopic (exact) mass is 436 g/mol. The maximum absolute atomic E-state index is 14.3. The normalized spacial score (nSPS) is 11.5. The van der Waals surface area contributed by atoms with E-state index in [0.29, 0.717) is 6.07 Å². The minimum Gasteiger partial charge on any atom is -0.462 e. The molecule has 0 radical (unpaired) electrons. The third kappa shape index (κ3) is 6.06. The number of hydrogen-bond donors (Lipinski definition) is 0. The van der Waals surface area contributed by atoms with Crippen LogP contribution in [-0.4, -0.2) is 19.6 Å². The molecule has 5 nitrogen and oxygen atoms in total. The van der Waals surface area contributed by atoms with Crippen molar-refractivity contribution in [3.8, 4) is 17.2 Å². The molecule has 0 aliphatic carbocycles. The molecule has 0 amide bonds. The molecule has 2 aromatic rings. The van der Waals surface area contributed by atoms with Gasteiger partial charge in [0.05, 0.1) is 5.56 Å². The summed E-state index contributed by atoms with van der Waals surface area (Å²) in [5, 5.41) is 0. The zero-order valence-corrected chi connectivity index (χ0v) is 15.0. The van der Waals surface area contributed by atoms with Gasteiger partial charge in [-0.25, -0.2) is 9.18 Å². The van der Waals surface area contributed by atoms with E-state index < -0.39 is 54.5 Å². The molecular weight excluding hydrogens is 422 g/mol. The number of benzene rings is 2. The molecule has 0 aromatic heterocycles. The molecule has 0 bridgehead atoms. The highest BCUT2D eigenvalue weighted by atomic mass is 19.4. The molecule has 0 heterocycles. The van der Waals surface area contributed by atoms with Crippen LogP contribution in [0.5, 0.6) is 17.2 Å². The minimum atomic E-state index is -4.98. The molecule has 162 valence electrons. The third-order valence-corrected chi connectivity index (χ3v) is 3.50. The van der Waals surface area contributed by atoms with E-state index in [0.717, 1.165) is 36.4 Å². The first-order chi connectivity index (χ1) is 14.1. The highest BCUT2D eigenvalue weighted by molar-refractivity contribution is 5.81. The molecule has 0 unspecified atom stereocenters. The Morgan fingerprint density at radius 3 is 2.17 bits per heavy atom. The van der Waals surface area contributed by atoms with E-state index in [9.17, 15) is 31.1 Å². The summed E-state index contributed by atoms with van der Waals surface area (Å²) in [4.78, 5) is 10.9. The number of carbonyl (C=O) groups excluding carboxylic acids is 1. The highest BCUT2D eigenvalue weighted by Gasteiger charge is 2.38. The van der Waals surface area contributed by atoms with Crippen LogP contribution in [0.4, 0.5) is 26.3 Å². The fraction of sp³-hybridized carbons (Fsp3) is 0.211. The minimum absolute atomic E-state index is 0.0819. The van der Waals surface area contributed by atoms with E-state index >= 15 is 0 Å². The second-order valence-corrected chi connectivity index (χ2v) is 5.48. The Kier molecular flexibility index (Phi) is 7.19. The topological polar surface area (TPSA) is 54.0 Å². The standard InChI is InChI=1S/C19H14F6O5/c1-2-17(26)29-11-28-13-5-3-12(4-6-13)19(24,25)30-14-7-8-16(27-10-20)15(9-14)18(21,22)23/h2-9H,1,10-11H2. The van der Waals surface area contributed by atoms with Gasteiger partial charge in [-0.1, -0.05) is 6.58 Å². The Bertz CT molecular complexity index is 880. The van der Waals surface area contributed by atoms with E-state index in [1.54, 1.807) is 0 Å². The van der Waals surface area contributed by atoms with Crippen LogP contribution in [0.2, 0.25) is 0 Å². The maximum Gasteiger partial charge on any atom is 0.426 e. The zero-order chi connectivity index (χ0) is 22.4. The maximum atomic E-state index is 14.3. The van der Waals surface area contributed by atoms with Gasteiger partial charge in [0.15, 0.2) is 0 Å². The van der Waals surface area contributed by atoms with Crippen molar-refractivity contribution in [3.05, 3.63) is 66.2 Å². The SMILES string of the molecule is C=CC(=O)OCOc1ccc(C(F)(F)Oc2ccc(OCF)c(C(F)(F)F)c2)cc1. The summed E-state index contributed by atoms with van der Waals surface area (Å²) in [7, 11) is 0. The Morgan fingerprint density at radius 1 is 0.967 bits per heavy atom. The predicted molar refractivity (Wildman–Crippen MR) is 90.8 cm³/mol. The lowest BCUT2D eigenvalue weighted by molar-refractivity contribution is -0.186. The lowest BCUT2D eigenvalue weighted by Crippen LogP contribution is -2.22. The third-order valence-electron chi connectivity index (χ3n) is 3.50. The van der Waals surface area contributed by atoms with Gasteiger partial charge in [0, 0.05) is 6.08 Å². The first-order valence-corrected chi connectivity index (χ1v) is 8.06. The number of ether oxygens (including phenoxy) is 4. The Hall–Kier alpha value is -3.37. The van der Waals surface area contributed by atoms with Crippen molar-refractivity contribution in [1.82, 2.24) is 0 Å². The van der Waals surface area contributed by atoms with Gasteiger partial charge in [-0.2, -0.15) is 22.0 Å². The van der Waals surface area contributed by atoms with E-state index in [2.05, 4.69) is 20.8 Å². The second kappa shape index (κ2) is 9.42. The van der Waals surface area contributed by atoms with Crippen LogP contribution in [0.1, 0.15) is 11.1 Å². The molecule has 0 saturated heterocycles. The summed E-state index contributed by atoms with van der Waals surface area (Å²) in [6.07, 6.45) is -8.07. The average Bonchev–Trinajstić information content (AvgIpc) is 2.68. The largest absolute Gasteiger partial charge is 0.462 e. The van der Waals surface area contributed by atoms with E-state index in [-0.39, 0.29) is 11.8 Å². The number of hydrogen-bond acceptors (Lipinski definition) is 5. The van der Waals surface area contributed by atoms with Crippen LogP contribution in [0.15, 0.2) is 55.1 Å². The zero-order valence-electron chi connectivity index (χ0n) is 15.0. The van der Waals surface area contributed by atoms with Crippen LogP contribution >= 0.6 is 0 Å². The number of rotatable bonds is 9. The summed E-state index contributed by atoms with van der Waals surface area (Å²) in [5.74, 6) is -2.33. The second-order valence-electron chi connectivity index (χ2n) is 5.48. The summed E-state index contributed by atoms with van der Waals surface area (Å²) in [5.41, 5.74) is -2.15. The van der Waals surface area contributed by atoms with Gasteiger partial charge in [-0.05, 0) is 42.5 Å². The van der Waals surface area contributed by atoms with Crippen LogP contribution in [0, 0.1) is 0 Å². The van der Waals surface area contributed by atoms with Gasteiger partial charge >= 0.3 is 18.3 Å². The van der Waals surface area contributed by atoms with Crippen molar-refractivity contribution < 1.29 is 50.1 Å². The summed E-state index contributed by atoms with van der Waals surface area (Å²) < 4.78 is 98.2. The van der Waals surface area contributed by atoms with Crippen LogP contribution in [0.3, 0.4) is 0 Å². The molecule has 0 saturated carbocycles. The van der Waals surface area contributed by atoms with E-state index in [1.807, 2.05) is 0 Å². The summed E-state index contributed by atoms with van der Waals surface area (Å²) >= 11 is 0. The number of carbonyl (C=O) groups is 1. The molecule has 0 aliphatic rings. The van der Waals surface area contributed by atoms with Crippen LogP contribution in [-0.2, 0) is 21.8 Å². The fourth-order valence-electron chi connectivity index (χ4n) is 2.15. The molecule has 30 heavy (non-hydrogen) atoms. The van der Waals surface area contributed by atoms with E-state index in [4.69, 9.17) is 4.74 Å². The number of halogens is 6. The molecule has 0 fully saturated rings. The molecule has 0 N–H and O–H groups in total. The molecule has 0 spiro atoms. The van der Waals surface area contributed by atoms with E-state index in [1.165, 1.54) is 0 Å². The quantitative estimate of drug-likeness (QED) is 0.234.